The van der Waals surface area contributed by atoms with Gasteiger partial charge in [0.25, 0.3) is 0 Å². The van der Waals surface area contributed by atoms with E-state index in [0.717, 1.165) is 23.7 Å². The molecule has 6 aliphatic rings. The standard InChI is InChI=1S/C20H38N2/c1-17-15-21(11-5-19(17)6-12-21)9-3-4-10-22-13-7-20(8-14-22)18(2)16-22/h17-20H,3-16H2,1-2H3/q+2. The topological polar surface area (TPSA) is 0 Å². The van der Waals surface area contributed by atoms with Crippen molar-refractivity contribution in [2.45, 2.75) is 52.4 Å². The molecule has 2 atom stereocenters. The zero-order chi connectivity index (χ0) is 15.2. The van der Waals surface area contributed by atoms with Crippen molar-refractivity contribution in [1.82, 2.24) is 0 Å². The summed E-state index contributed by atoms with van der Waals surface area (Å²) >= 11 is 0. The van der Waals surface area contributed by atoms with Gasteiger partial charge >= 0.3 is 0 Å². The van der Waals surface area contributed by atoms with Crippen LogP contribution in [0.25, 0.3) is 0 Å². The molecule has 0 aromatic rings. The van der Waals surface area contributed by atoms with Crippen LogP contribution in [0.5, 0.6) is 0 Å². The van der Waals surface area contributed by atoms with E-state index in [9.17, 15) is 0 Å². The van der Waals surface area contributed by atoms with Gasteiger partial charge in [-0.05, 0) is 11.8 Å². The lowest BCUT2D eigenvalue weighted by Crippen LogP contribution is -2.62. The molecule has 6 saturated heterocycles. The molecule has 22 heavy (non-hydrogen) atoms. The van der Waals surface area contributed by atoms with Gasteiger partial charge in [0.2, 0.25) is 0 Å². The van der Waals surface area contributed by atoms with Crippen molar-refractivity contribution >= 4 is 0 Å². The van der Waals surface area contributed by atoms with Crippen molar-refractivity contribution in [3.8, 4) is 0 Å². The predicted molar refractivity (Wildman–Crippen MR) is 92.5 cm³/mol. The molecule has 0 N–H and O–H groups in total. The maximum atomic E-state index is 2.52. The average Bonchev–Trinajstić information content (AvgIpc) is 2.53. The molecule has 6 aliphatic heterocycles. The van der Waals surface area contributed by atoms with E-state index in [2.05, 4.69) is 13.8 Å². The highest BCUT2D eigenvalue weighted by Crippen LogP contribution is 2.39. The summed E-state index contributed by atoms with van der Waals surface area (Å²) in [5.74, 6) is 4.17. The van der Waals surface area contributed by atoms with Gasteiger partial charge in [-0.1, -0.05) is 13.8 Å². The second-order valence-electron chi connectivity index (χ2n) is 9.73. The smallest absolute Gasteiger partial charge is 0.0815 e. The molecular formula is C20H38N2+2. The van der Waals surface area contributed by atoms with Gasteiger partial charge in [0.1, 0.15) is 0 Å². The van der Waals surface area contributed by atoms with Crippen LogP contribution in [0.1, 0.15) is 52.4 Å². The third-order valence-corrected chi connectivity index (χ3v) is 8.37. The van der Waals surface area contributed by atoms with Crippen molar-refractivity contribution < 1.29 is 8.97 Å². The number of hydrogen-bond acceptors (Lipinski definition) is 0. The molecule has 126 valence electrons. The molecule has 0 aliphatic carbocycles. The van der Waals surface area contributed by atoms with Crippen molar-refractivity contribution in [2.75, 3.05) is 52.4 Å². The molecule has 0 aromatic carbocycles. The van der Waals surface area contributed by atoms with E-state index in [1.165, 1.54) is 99.8 Å². The minimum atomic E-state index is 1.01. The largest absolute Gasteiger partial charge is 0.323 e. The highest BCUT2D eigenvalue weighted by molar-refractivity contribution is 4.78. The summed E-state index contributed by atoms with van der Waals surface area (Å²) in [6, 6.07) is 0. The van der Waals surface area contributed by atoms with Gasteiger partial charge in [0.05, 0.1) is 52.4 Å². The fraction of sp³-hybridized carbons (Fsp3) is 1.00. The number of piperidine rings is 6. The van der Waals surface area contributed by atoms with E-state index in [4.69, 9.17) is 0 Å². The van der Waals surface area contributed by atoms with Gasteiger partial charge in [0.15, 0.2) is 0 Å². The van der Waals surface area contributed by atoms with Crippen LogP contribution in [-0.2, 0) is 0 Å². The molecule has 0 aromatic heterocycles. The van der Waals surface area contributed by atoms with E-state index in [1.807, 2.05) is 0 Å². The third-order valence-electron chi connectivity index (χ3n) is 8.37. The van der Waals surface area contributed by atoms with Crippen LogP contribution in [0.15, 0.2) is 0 Å². The normalized spacial score (nSPS) is 50.5. The van der Waals surface area contributed by atoms with Crippen LogP contribution in [0.2, 0.25) is 0 Å². The highest BCUT2D eigenvalue weighted by Gasteiger charge is 2.45. The summed E-state index contributed by atoms with van der Waals surface area (Å²) in [5, 5.41) is 0. The molecule has 2 unspecified atom stereocenters. The number of unbranched alkanes of at least 4 members (excludes halogenated alkanes) is 1. The van der Waals surface area contributed by atoms with Gasteiger partial charge in [-0.2, -0.15) is 0 Å². The number of quaternary nitrogens is 2. The number of fused-ring (bicyclic) bond motifs is 6. The van der Waals surface area contributed by atoms with E-state index < -0.39 is 0 Å². The second kappa shape index (κ2) is 5.77. The van der Waals surface area contributed by atoms with Gasteiger partial charge in [-0.25, -0.2) is 0 Å². The molecule has 4 bridgehead atoms. The van der Waals surface area contributed by atoms with Crippen molar-refractivity contribution in [3.63, 3.8) is 0 Å². The lowest BCUT2D eigenvalue weighted by Gasteiger charge is -2.53. The van der Waals surface area contributed by atoms with Crippen LogP contribution < -0.4 is 0 Å². The van der Waals surface area contributed by atoms with Gasteiger partial charge in [-0.3, -0.25) is 0 Å². The Hall–Kier alpha value is -0.0800. The number of rotatable bonds is 5. The molecular weight excluding hydrogens is 268 g/mol. The summed E-state index contributed by atoms with van der Waals surface area (Å²) in [5.41, 5.74) is 0. The Morgan fingerprint density at radius 1 is 0.636 bits per heavy atom. The summed E-state index contributed by atoms with van der Waals surface area (Å²) < 4.78 is 2.99. The molecule has 0 radical (unpaired) electrons. The summed E-state index contributed by atoms with van der Waals surface area (Å²) in [6.07, 6.45) is 9.10. The Balaban J connectivity index is 1.25. The summed E-state index contributed by atoms with van der Waals surface area (Å²) in [7, 11) is 0. The van der Waals surface area contributed by atoms with Crippen LogP contribution >= 0.6 is 0 Å². The molecule has 6 heterocycles. The van der Waals surface area contributed by atoms with Crippen LogP contribution in [-0.4, -0.2) is 61.3 Å². The summed E-state index contributed by atoms with van der Waals surface area (Å²) in [6.45, 7) is 17.1. The lowest BCUT2D eigenvalue weighted by atomic mass is 9.77. The molecule has 0 spiro atoms. The Bertz CT molecular complexity index is 351. The monoisotopic (exact) mass is 306 g/mol. The Kier molecular flexibility index (Phi) is 4.05. The number of nitrogens with zero attached hydrogens (tertiary/aromatic N) is 2. The molecule has 2 nitrogen and oxygen atoms in total. The Morgan fingerprint density at radius 2 is 1.00 bits per heavy atom. The Morgan fingerprint density at radius 3 is 1.32 bits per heavy atom. The van der Waals surface area contributed by atoms with E-state index in [-0.39, 0.29) is 0 Å². The molecule has 2 heteroatoms. The third kappa shape index (κ3) is 2.75. The zero-order valence-electron chi connectivity index (χ0n) is 15.1. The maximum Gasteiger partial charge on any atom is 0.0815 e. The first kappa shape index (κ1) is 15.4. The van der Waals surface area contributed by atoms with E-state index in [1.54, 1.807) is 0 Å². The fourth-order valence-corrected chi connectivity index (χ4v) is 6.82. The van der Waals surface area contributed by atoms with Crippen molar-refractivity contribution in [1.29, 1.82) is 0 Å². The lowest BCUT2D eigenvalue weighted by molar-refractivity contribution is -0.952. The zero-order valence-corrected chi connectivity index (χ0v) is 15.1. The SMILES string of the molecule is CC1C[N+]2(CCCC[N+]34CCC(CC3)C(C)C4)CCC1CC2. The van der Waals surface area contributed by atoms with E-state index in [0.29, 0.717) is 0 Å². The predicted octanol–water partition coefficient (Wildman–Crippen LogP) is 3.52. The quantitative estimate of drug-likeness (QED) is 0.538. The van der Waals surface area contributed by atoms with Crippen LogP contribution in [0.3, 0.4) is 0 Å². The highest BCUT2D eigenvalue weighted by atomic mass is 15.4. The molecule has 0 saturated carbocycles. The van der Waals surface area contributed by atoms with Crippen LogP contribution in [0.4, 0.5) is 0 Å². The van der Waals surface area contributed by atoms with Crippen molar-refractivity contribution in [2.24, 2.45) is 23.7 Å². The van der Waals surface area contributed by atoms with E-state index >= 15 is 0 Å². The van der Waals surface area contributed by atoms with Gasteiger partial charge < -0.3 is 8.97 Å². The average molecular weight is 307 g/mol. The molecule has 6 rings (SSSR count). The number of hydrogen-bond donors (Lipinski definition) is 0. The fourth-order valence-electron chi connectivity index (χ4n) is 6.82. The Labute approximate surface area is 138 Å². The minimum absolute atomic E-state index is 1.01. The van der Waals surface area contributed by atoms with Crippen LogP contribution in [0, 0.1) is 23.7 Å². The first-order valence-corrected chi connectivity index (χ1v) is 10.3. The van der Waals surface area contributed by atoms with Gasteiger partial charge in [0, 0.05) is 50.4 Å². The summed E-state index contributed by atoms with van der Waals surface area (Å²) in [4.78, 5) is 0. The first-order valence-electron chi connectivity index (χ1n) is 10.3. The maximum absolute atomic E-state index is 2.52. The molecule has 6 fully saturated rings. The van der Waals surface area contributed by atoms with Crippen molar-refractivity contribution in [3.05, 3.63) is 0 Å². The second-order valence-corrected chi connectivity index (χ2v) is 9.73. The molecule has 0 amide bonds. The van der Waals surface area contributed by atoms with Gasteiger partial charge in [-0.15, -0.1) is 0 Å². The minimum Gasteiger partial charge on any atom is -0.323 e. The first-order chi connectivity index (χ1) is 10.6.